The molecule has 1 saturated carbocycles. The lowest BCUT2D eigenvalue weighted by atomic mass is 9.68. The van der Waals surface area contributed by atoms with Gasteiger partial charge in [0.05, 0.1) is 0 Å². The van der Waals surface area contributed by atoms with Crippen LogP contribution in [0.5, 0.6) is 0 Å². The molecule has 0 unspecified atom stereocenters. The van der Waals surface area contributed by atoms with Crippen LogP contribution in [0.15, 0.2) is 212 Å². The zero-order valence-electron chi connectivity index (χ0n) is 39.1. The van der Waals surface area contributed by atoms with Crippen molar-refractivity contribution in [2.24, 2.45) is 0 Å². The standard InChI is InChI=1S/C67H51NS/c1-66(2)59-25-10-8-21-54(59)57-24-14-23-56(64(57)66)52-19-7-6-17-49(52)44-28-33-46(34-29-44)68(48-37-39-55-53-20-9-11-26-60(53)67(61(55)42-48)40-12-3-13-41-67)47-35-30-45(31-36-47)50-22-15-27-62-63(50)58-38-32-43-16-4-5-18-51(43)65(58)69-62/h4-11,14-39,42H,3,12-13,40-41H2,1-2H3. The summed E-state index contributed by atoms with van der Waals surface area (Å²) in [6, 6.07) is 80.4. The van der Waals surface area contributed by atoms with Gasteiger partial charge in [-0.15, -0.1) is 11.3 Å². The van der Waals surface area contributed by atoms with Gasteiger partial charge in [0.1, 0.15) is 0 Å². The Labute approximate surface area is 409 Å². The van der Waals surface area contributed by atoms with E-state index in [0.717, 1.165) is 11.4 Å². The molecular weight excluding hydrogens is 851 g/mol. The van der Waals surface area contributed by atoms with Crippen molar-refractivity contribution in [3.8, 4) is 55.6 Å². The molecule has 1 spiro atoms. The summed E-state index contributed by atoms with van der Waals surface area (Å²) in [7, 11) is 0. The van der Waals surface area contributed by atoms with E-state index in [4.69, 9.17) is 0 Å². The molecule has 3 aliphatic rings. The van der Waals surface area contributed by atoms with Crippen molar-refractivity contribution in [2.45, 2.75) is 56.8 Å². The predicted octanol–water partition coefficient (Wildman–Crippen LogP) is 19.2. The third-order valence-electron chi connectivity index (χ3n) is 16.3. The number of fused-ring (bicyclic) bond motifs is 13. The maximum Gasteiger partial charge on any atom is 0.0465 e. The summed E-state index contributed by atoms with van der Waals surface area (Å²) in [6.45, 7) is 4.78. The number of nitrogens with zero attached hydrogens (tertiary/aromatic N) is 1. The molecule has 1 nitrogen and oxygen atoms in total. The Morgan fingerprint density at radius 3 is 1.70 bits per heavy atom. The Morgan fingerprint density at radius 1 is 0.391 bits per heavy atom. The van der Waals surface area contributed by atoms with Crippen LogP contribution in [0.25, 0.3) is 86.6 Å². The summed E-state index contributed by atoms with van der Waals surface area (Å²) >= 11 is 1.91. The number of rotatable bonds is 6. The Balaban J connectivity index is 0.895. The van der Waals surface area contributed by atoms with Gasteiger partial charge in [-0.1, -0.05) is 203 Å². The lowest BCUT2D eigenvalue weighted by Gasteiger charge is -2.36. The van der Waals surface area contributed by atoms with Crippen LogP contribution in [0.1, 0.15) is 68.2 Å². The van der Waals surface area contributed by atoms with Crippen molar-refractivity contribution in [3.63, 3.8) is 0 Å². The van der Waals surface area contributed by atoms with Crippen LogP contribution in [0, 0.1) is 0 Å². The van der Waals surface area contributed by atoms with Crippen LogP contribution >= 0.6 is 11.3 Å². The minimum Gasteiger partial charge on any atom is -0.310 e. The lowest BCUT2D eigenvalue weighted by Crippen LogP contribution is -2.28. The van der Waals surface area contributed by atoms with Gasteiger partial charge in [0.2, 0.25) is 0 Å². The van der Waals surface area contributed by atoms with Gasteiger partial charge < -0.3 is 4.90 Å². The Hall–Kier alpha value is -7.52. The molecule has 1 heterocycles. The van der Waals surface area contributed by atoms with Gasteiger partial charge in [-0.3, -0.25) is 0 Å². The average molecular weight is 902 g/mol. The van der Waals surface area contributed by atoms with Crippen molar-refractivity contribution in [1.82, 2.24) is 0 Å². The van der Waals surface area contributed by atoms with Gasteiger partial charge in [0, 0.05) is 48.1 Å². The molecule has 1 aromatic heterocycles. The number of thiophene rings is 1. The van der Waals surface area contributed by atoms with Crippen LogP contribution in [0.2, 0.25) is 0 Å². The first-order valence-electron chi connectivity index (χ1n) is 24.9. The lowest BCUT2D eigenvalue weighted by molar-refractivity contribution is 0.353. The molecule has 0 radical (unpaired) electrons. The minimum atomic E-state index is -0.109. The topological polar surface area (TPSA) is 3.24 Å². The van der Waals surface area contributed by atoms with Gasteiger partial charge in [-0.05, 0) is 144 Å². The normalized spacial score (nSPS) is 15.0. The second kappa shape index (κ2) is 15.5. The highest BCUT2D eigenvalue weighted by Crippen LogP contribution is 2.58. The predicted molar refractivity (Wildman–Crippen MR) is 295 cm³/mol. The highest BCUT2D eigenvalue weighted by atomic mass is 32.1. The Bertz CT molecular complexity index is 3840. The fourth-order valence-corrected chi connectivity index (χ4v) is 14.4. The molecule has 69 heavy (non-hydrogen) atoms. The van der Waals surface area contributed by atoms with E-state index >= 15 is 0 Å². The molecule has 0 aliphatic heterocycles. The quantitative estimate of drug-likeness (QED) is 0.161. The molecule has 11 aromatic rings. The molecule has 2 heteroatoms. The molecule has 14 rings (SSSR count). The first kappa shape index (κ1) is 40.5. The molecule has 330 valence electrons. The third kappa shape index (κ3) is 6.08. The smallest absolute Gasteiger partial charge is 0.0465 e. The van der Waals surface area contributed by atoms with Gasteiger partial charge in [-0.25, -0.2) is 0 Å². The van der Waals surface area contributed by atoms with E-state index in [-0.39, 0.29) is 10.8 Å². The van der Waals surface area contributed by atoms with E-state index in [1.807, 2.05) is 11.3 Å². The number of hydrogen-bond donors (Lipinski definition) is 0. The maximum atomic E-state index is 2.55. The van der Waals surface area contributed by atoms with E-state index in [1.165, 1.54) is 147 Å². The van der Waals surface area contributed by atoms with Crippen molar-refractivity contribution in [3.05, 3.63) is 235 Å². The SMILES string of the molecule is CC1(C)c2ccccc2-c2cccc(-c3ccccc3-c3ccc(N(c4ccc(-c5cccc6sc7c8ccccc8ccc7c56)cc4)c4ccc5c(c4)C4(CCCCC4)c4ccccc4-5)cc3)c21. The second-order valence-corrected chi connectivity index (χ2v) is 21.3. The van der Waals surface area contributed by atoms with Crippen molar-refractivity contribution >= 4 is 59.3 Å². The molecule has 0 bridgehead atoms. The van der Waals surface area contributed by atoms with Crippen molar-refractivity contribution in [1.29, 1.82) is 0 Å². The van der Waals surface area contributed by atoms with Crippen molar-refractivity contribution < 1.29 is 0 Å². The summed E-state index contributed by atoms with van der Waals surface area (Å²) in [4.78, 5) is 2.50. The van der Waals surface area contributed by atoms with Gasteiger partial charge >= 0.3 is 0 Å². The monoisotopic (exact) mass is 901 g/mol. The highest BCUT2D eigenvalue weighted by Gasteiger charge is 2.44. The molecule has 3 aliphatic carbocycles. The fraction of sp³-hybridized carbons (Fsp3) is 0.134. The summed E-state index contributed by atoms with van der Waals surface area (Å²) in [5.41, 5.74) is 22.4. The summed E-state index contributed by atoms with van der Waals surface area (Å²) in [6.07, 6.45) is 6.26. The van der Waals surface area contributed by atoms with Gasteiger partial charge in [0.15, 0.2) is 0 Å². The van der Waals surface area contributed by atoms with E-state index in [1.54, 1.807) is 0 Å². The first-order chi connectivity index (χ1) is 34.0. The van der Waals surface area contributed by atoms with Crippen LogP contribution < -0.4 is 4.90 Å². The van der Waals surface area contributed by atoms with Crippen LogP contribution in [0.3, 0.4) is 0 Å². The fourth-order valence-electron chi connectivity index (χ4n) is 13.1. The van der Waals surface area contributed by atoms with Gasteiger partial charge in [0.25, 0.3) is 0 Å². The first-order valence-corrected chi connectivity index (χ1v) is 25.7. The maximum absolute atomic E-state index is 2.55. The summed E-state index contributed by atoms with van der Waals surface area (Å²) < 4.78 is 2.69. The van der Waals surface area contributed by atoms with E-state index in [2.05, 4.69) is 231 Å². The molecular formula is C67H51NS. The molecule has 10 aromatic carbocycles. The Kier molecular flexibility index (Phi) is 9.11. The van der Waals surface area contributed by atoms with E-state index < -0.39 is 0 Å². The third-order valence-corrected chi connectivity index (χ3v) is 17.5. The zero-order chi connectivity index (χ0) is 45.8. The molecule has 1 fully saturated rings. The minimum absolute atomic E-state index is 0.0597. The number of anilines is 3. The summed E-state index contributed by atoms with van der Waals surface area (Å²) in [5.74, 6) is 0. The zero-order valence-corrected chi connectivity index (χ0v) is 39.9. The number of benzene rings is 10. The van der Waals surface area contributed by atoms with Gasteiger partial charge in [-0.2, -0.15) is 0 Å². The molecule has 0 amide bonds. The van der Waals surface area contributed by atoms with Crippen LogP contribution in [0.4, 0.5) is 17.1 Å². The molecule has 0 atom stereocenters. The largest absolute Gasteiger partial charge is 0.310 e. The molecule has 0 saturated heterocycles. The highest BCUT2D eigenvalue weighted by molar-refractivity contribution is 7.26. The second-order valence-electron chi connectivity index (χ2n) is 20.2. The van der Waals surface area contributed by atoms with E-state index in [9.17, 15) is 0 Å². The summed E-state index contributed by atoms with van der Waals surface area (Å²) in [5, 5.41) is 5.29. The van der Waals surface area contributed by atoms with E-state index in [0.29, 0.717) is 0 Å². The van der Waals surface area contributed by atoms with Crippen molar-refractivity contribution in [2.75, 3.05) is 4.90 Å². The average Bonchev–Trinajstić information content (AvgIpc) is 4.01. The Morgan fingerprint density at radius 2 is 0.942 bits per heavy atom. The van der Waals surface area contributed by atoms with Crippen LogP contribution in [-0.4, -0.2) is 0 Å². The van der Waals surface area contributed by atoms with Crippen LogP contribution in [-0.2, 0) is 10.8 Å². The number of hydrogen-bond acceptors (Lipinski definition) is 2. The molecule has 0 N–H and O–H groups in total.